The van der Waals surface area contributed by atoms with Gasteiger partial charge in [0, 0.05) is 0 Å². The summed E-state index contributed by atoms with van der Waals surface area (Å²) in [7, 11) is 1.62. The summed E-state index contributed by atoms with van der Waals surface area (Å²) < 4.78 is 5.87. The first-order valence-electron chi connectivity index (χ1n) is 3.15. The number of methoxy groups -OCH3 is 1. The molecule has 0 aliphatic heterocycles. The molecule has 1 rings (SSSR count). The summed E-state index contributed by atoms with van der Waals surface area (Å²) in [4.78, 5) is 0. The van der Waals surface area contributed by atoms with Crippen molar-refractivity contribution in [3.05, 3.63) is 27.2 Å². The van der Waals surface area contributed by atoms with E-state index < -0.39 is 0 Å². The van der Waals surface area contributed by atoms with Gasteiger partial charge in [-0.25, -0.2) is 0 Å². The molecule has 60 valence electrons. The van der Waals surface area contributed by atoms with Gasteiger partial charge in [-0.3, -0.25) is 0 Å². The number of hydrogen-bond acceptors (Lipinski definition) is 1. The van der Waals surface area contributed by atoms with Gasteiger partial charge in [0.1, 0.15) is 5.75 Å². The Labute approximate surface area is 79.4 Å². The Balaban J connectivity index is 3.25. The van der Waals surface area contributed by atoms with Crippen LogP contribution in [0.15, 0.2) is 16.6 Å². The molecule has 1 aromatic rings. The Morgan fingerprint density at radius 3 is 2.64 bits per heavy atom. The van der Waals surface area contributed by atoms with Crippen LogP contribution in [0.4, 0.5) is 0 Å². The molecular weight excluding hydrogens is 227 g/mol. The number of aryl methyl sites for hydroxylation is 1. The van der Waals surface area contributed by atoms with Crippen LogP contribution in [0.1, 0.15) is 5.56 Å². The van der Waals surface area contributed by atoms with Gasteiger partial charge in [0.15, 0.2) is 0 Å². The summed E-state index contributed by atoms with van der Waals surface area (Å²) in [5.41, 5.74) is 1.04. The van der Waals surface area contributed by atoms with E-state index in [0.29, 0.717) is 5.02 Å². The third-order valence-electron chi connectivity index (χ3n) is 1.46. The van der Waals surface area contributed by atoms with Gasteiger partial charge in [-0.15, -0.1) is 0 Å². The van der Waals surface area contributed by atoms with Gasteiger partial charge >= 0.3 is 0 Å². The van der Waals surface area contributed by atoms with Crippen LogP contribution in [0, 0.1) is 6.92 Å². The molecule has 11 heavy (non-hydrogen) atoms. The van der Waals surface area contributed by atoms with Gasteiger partial charge in [0.2, 0.25) is 0 Å². The highest BCUT2D eigenvalue weighted by atomic mass is 79.9. The molecule has 0 N–H and O–H groups in total. The third-order valence-corrected chi connectivity index (χ3v) is 2.96. The van der Waals surface area contributed by atoms with Crippen molar-refractivity contribution in [2.24, 2.45) is 0 Å². The minimum absolute atomic E-state index is 0.712. The highest BCUT2D eigenvalue weighted by Gasteiger charge is 2.05. The monoisotopic (exact) mass is 234 g/mol. The number of ether oxygens (including phenoxy) is 1. The van der Waals surface area contributed by atoms with E-state index in [2.05, 4.69) is 15.9 Å². The maximum atomic E-state index is 5.93. The number of rotatable bonds is 1. The fourth-order valence-corrected chi connectivity index (χ4v) is 1.55. The molecule has 1 nitrogen and oxygen atoms in total. The lowest BCUT2D eigenvalue weighted by Crippen LogP contribution is -1.86. The van der Waals surface area contributed by atoms with Gasteiger partial charge in [0.05, 0.1) is 16.6 Å². The van der Waals surface area contributed by atoms with Crippen LogP contribution in [0.5, 0.6) is 5.75 Å². The Morgan fingerprint density at radius 1 is 1.45 bits per heavy atom. The minimum Gasteiger partial charge on any atom is -0.496 e. The average Bonchev–Trinajstić information content (AvgIpc) is 2.01. The quantitative estimate of drug-likeness (QED) is 0.725. The standard InChI is InChI=1S/C8H8BrClO/c1-5-3-4-6(11-2)7(9)8(5)10/h3-4H,1-2H3. The van der Waals surface area contributed by atoms with E-state index in [4.69, 9.17) is 16.3 Å². The van der Waals surface area contributed by atoms with E-state index in [1.165, 1.54) is 0 Å². The first kappa shape index (κ1) is 8.88. The zero-order valence-corrected chi connectivity index (χ0v) is 8.66. The molecule has 0 saturated carbocycles. The summed E-state index contributed by atoms with van der Waals surface area (Å²) in [5.74, 6) is 0.764. The van der Waals surface area contributed by atoms with Crippen molar-refractivity contribution < 1.29 is 4.74 Å². The molecule has 0 amide bonds. The molecule has 0 heterocycles. The van der Waals surface area contributed by atoms with Crippen LogP contribution in [0.2, 0.25) is 5.02 Å². The first-order chi connectivity index (χ1) is 5.16. The summed E-state index contributed by atoms with van der Waals surface area (Å²) in [6.45, 7) is 1.95. The van der Waals surface area contributed by atoms with Crippen LogP contribution >= 0.6 is 27.5 Å². The van der Waals surface area contributed by atoms with E-state index in [1.807, 2.05) is 19.1 Å². The molecular formula is C8H8BrClO. The van der Waals surface area contributed by atoms with Crippen molar-refractivity contribution in [3.8, 4) is 5.75 Å². The number of benzene rings is 1. The zero-order chi connectivity index (χ0) is 8.43. The normalized spacial score (nSPS) is 9.82. The molecule has 0 atom stereocenters. The summed E-state index contributed by atoms with van der Waals surface area (Å²) in [5, 5.41) is 0.712. The Bertz CT molecular complexity index is 273. The van der Waals surface area contributed by atoms with Gasteiger partial charge in [-0.1, -0.05) is 17.7 Å². The molecule has 0 saturated heterocycles. The second-order valence-corrected chi connectivity index (χ2v) is 3.38. The van der Waals surface area contributed by atoms with Gasteiger partial charge in [-0.05, 0) is 34.5 Å². The van der Waals surface area contributed by atoms with Gasteiger partial charge < -0.3 is 4.74 Å². The molecule has 0 aromatic heterocycles. The molecule has 0 aliphatic carbocycles. The van der Waals surface area contributed by atoms with Crippen molar-refractivity contribution in [1.82, 2.24) is 0 Å². The van der Waals surface area contributed by atoms with Crippen molar-refractivity contribution in [1.29, 1.82) is 0 Å². The molecule has 3 heteroatoms. The van der Waals surface area contributed by atoms with E-state index in [1.54, 1.807) is 7.11 Å². The van der Waals surface area contributed by atoms with E-state index in [0.717, 1.165) is 15.8 Å². The smallest absolute Gasteiger partial charge is 0.134 e. The summed E-state index contributed by atoms with van der Waals surface area (Å²) in [6, 6.07) is 3.80. The third kappa shape index (κ3) is 1.68. The van der Waals surface area contributed by atoms with Crippen molar-refractivity contribution in [2.75, 3.05) is 7.11 Å². The minimum atomic E-state index is 0.712. The molecule has 0 bridgehead atoms. The van der Waals surface area contributed by atoms with E-state index in [9.17, 15) is 0 Å². The lowest BCUT2D eigenvalue weighted by atomic mass is 10.2. The molecule has 0 radical (unpaired) electrons. The lowest BCUT2D eigenvalue weighted by molar-refractivity contribution is 0.412. The van der Waals surface area contributed by atoms with Crippen LogP contribution in [-0.4, -0.2) is 7.11 Å². The van der Waals surface area contributed by atoms with Crippen molar-refractivity contribution in [3.63, 3.8) is 0 Å². The lowest BCUT2D eigenvalue weighted by Gasteiger charge is -2.05. The fourth-order valence-electron chi connectivity index (χ4n) is 0.786. The SMILES string of the molecule is COc1ccc(C)c(Cl)c1Br. The maximum absolute atomic E-state index is 5.93. The fraction of sp³-hybridized carbons (Fsp3) is 0.250. The first-order valence-corrected chi connectivity index (χ1v) is 4.32. The van der Waals surface area contributed by atoms with Crippen LogP contribution in [0.25, 0.3) is 0 Å². The molecule has 0 spiro atoms. The highest BCUT2D eigenvalue weighted by Crippen LogP contribution is 2.34. The van der Waals surface area contributed by atoms with Crippen LogP contribution < -0.4 is 4.74 Å². The maximum Gasteiger partial charge on any atom is 0.134 e. The van der Waals surface area contributed by atoms with Crippen molar-refractivity contribution in [2.45, 2.75) is 6.92 Å². The number of hydrogen-bond donors (Lipinski definition) is 0. The second-order valence-electron chi connectivity index (χ2n) is 2.21. The largest absolute Gasteiger partial charge is 0.496 e. The molecule has 1 aromatic carbocycles. The van der Waals surface area contributed by atoms with Crippen molar-refractivity contribution >= 4 is 27.5 Å². The molecule has 0 unspecified atom stereocenters. The highest BCUT2D eigenvalue weighted by molar-refractivity contribution is 9.10. The topological polar surface area (TPSA) is 9.23 Å². The predicted octanol–water partition coefficient (Wildman–Crippen LogP) is 3.42. The zero-order valence-electron chi connectivity index (χ0n) is 6.32. The Hall–Kier alpha value is -0.210. The van der Waals surface area contributed by atoms with E-state index >= 15 is 0 Å². The van der Waals surface area contributed by atoms with Gasteiger partial charge in [-0.2, -0.15) is 0 Å². The second kappa shape index (κ2) is 3.46. The van der Waals surface area contributed by atoms with Gasteiger partial charge in [0.25, 0.3) is 0 Å². The average molecular weight is 236 g/mol. The molecule has 0 aliphatic rings. The number of halogens is 2. The summed E-state index contributed by atoms with van der Waals surface area (Å²) in [6.07, 6.45) is 0. The Kier molecular flexibility index (Phi) is 2.79. The Morgan fingerprint density at radius 2 is 2.09 bits per heavy atom. The van der Waals surface area contributed by atoms with E-state index in [-0.39, 0.29) is 0 Å². The molecule has 0 fully saturated rings. The summed E-state index contributed by atoms with van der Waals surface area (Å²) >= 11 is 9.27. The predicted molar refractivity (Wildman–Crippen MR) is 50.4 cm³/mol. The van der Waals surface area contributed by atoms with Crippen LogP contribution in [0.3, 0.4) is 0 Å². The van der Waals surface area contributed by atoms with Crippen LogP contribution in [-0.2, 0) is 0 Å².